The summed E-state index contributed by atoms with van der Waals surface area (Å²) >= 11 is 0. The summed E-state index contributed by atoms with van der Waals surface area (Å²) in [7, 11) is 1.16. The van der Waals surface area contributed by atoms with Gasteiger partial charge in [-0.25, -0.2) is 9.68 Å². The summed E-state index contributed by atoms with van der Waals surface area (Å²) in [6.07, 6.45) is -7.66. The lowest BCUT2D eigenvalue weighted by atomic mass is 9.42. The summed E-state index contributed by atoms with van der Waals surface area (Å²) < 4.78 is 16.2. The Balaban J connectivity index is 1.92. The van der Waals surface area contributed by atoms with E-state index in [1.54, 1.807) is 34.6 Å². The van der Waals surface area contributed by atoms with E-state index in [1.165, 1.54) is 13.8 Å². The Bertz CT molecular complexity index is 1160. The lowest BCUT2D eigenvalue weighted by molar-refractivity contribution is -0.341. The van der Waals surface area contributed by atoms with E-state index in [4.69, 9.17) is 14.4 Å². The van der Waals surface area contributed by atoms with Crippen molar-refractivity contribution in [1.29, 1.82) is 0 Å². The third kappa shape index (κ3) is 4.34. The van der Waals surface area contributed by atoms with Crippen molar-refractivity contribution in [2.75, 3.05) is 13.7 Å². The number of methoxy groups -OCH3 is 1. The number of esters is 1. The number of hydrogen-bond acceptors (Lipinski definition) is 12. The number of aliphatic hydroxyl groups is 4. The lowest BCUT2D eigenvalue weighted by Crippen LogP contribution is -2.79. The van der Waals surface area contributed by atoms with Crippen LogP contribution in [0, 0.1) is 28.6 Å². The SMILES string of the molecule is COC(=O)NC(C)C(O)C(OO)C1CC2(O)C(C)C3C4(OC(C)=O)COC4CC(O)[C@@]3(C)C(=O)C(O)C(=C1C)C2(C)C. The van der Waals surface area contributed by atoms with Crippen LogP contribution >= 0.6 is 0 Å². The Kier molecular flexibility index (Phi) is 8.42. The molecule has 42 heavy (non-hydrogen) atoms. The van der Waals surface area contributed by atoms with Crippen molar-refractivity contribution in [3.8, 4) is 0 Å². The van der Waals surface area contributed by atoms with E-state index in [2.05, 4.69) is 10.1 Å². The molecule has 1 saturated heterocycles. The number of rotatable bonds is 6. The zero-order valence-corrected chi connectivity index (χ0v) is 25.4. The van der Waals surface area contributed by atoms with Crippen LogP contribution in [0.25, 0.3) is 0 Å². The fourth-order valence-corrected chi connectivity index (χ4v) is 8.81. The normalized spacial score (nSPS) is 42.9. The van der Waals surface area contributed by atoms with Crippen LogP contribution in [0.3, 0.4) is 0 Å². The van der Waals surface area contributed by atoms with Crippen LogP contribution in [0.4, 0.5) is 4.79 Å². The minimum atomic E-state index is -1.79. The van der Waals surface area contributed by atoms with Gasteiger partial charge in [0.25, 0.3) is 0 Å². The van der Waals surface area contributed by atoms with Crippen LogP contribution in [0.1, 0.15) is 61.3 Å². The van der Waals surface area contributed by atoms with Crippen LogP contribution in [-0.4, -0.2) is 105 Å². The number of alkyl carbamates (subject to hydrolysis) is 1. The second kappa shape index (κ2) is 10.8. The fourth-order valence-electron chi connectivity index (χ4n) is 8.81. The van der Waals surface area contributed by atoms with Gasteiger partial charge in [-0.1, -0.05) is 26.3 Å². The molecule has 1 heterocycles. The first-order chi connectivity index (χ1) is 19.4. The predicted molar refractivity (Wildman–Crippen MR) is 145 cm³/mol. The van der Waals surface area contributed by atoms with Crippen molar-refractivity contribution in [3.63, 3.8) is 0 Å². The molecule has 13 nitrogen and oxygen atoms in total. The van der Waals surface area contributed by atoms with Gasteiger partial charge in [-0.2, -0.15) is 0 Å². The standard InChI is InChI=1S/C29H45NO12/c1-12-16(22(42-38)20(33)14(3)30-25(36)39-8)10-29(37)13(2)23-27(7,24(35)21(34)19(12)26(29,5)6)17(32)9-18-28(23,11-40-18)41-15(4)31/h13-14,16-18,20-23,32-34,37-38H,9-11H2,1-8H3,(H,30,36)/t13?,14?,16?,17?,18?,20?,21?,22?,23?,27-,28?,29?/m1/s1. The third-order valence-electron chi connectivity index (χ3n) is 11.2. The Labute approximate surface area is 245 Å². The molecular weight excluding hydrogens is 554 g/mol. The number of ether oxygens (including phenoxy) is 3. The molecule has 2 saturated carbocycles. The first-order valence-corrected chi connectivity index (χ1v) is 14.3. The first-order valence-electron chi connectivity index (χ1n) is 14.3. The predicted octanol–water partition coefficient (Wildman–Crippen LogP) is 0.711. The molecule has 11 unspecified atom stereocenters. The number of nitrogens with one attached hydrogen (secondary N) is 1. The molecule has 3 fully saturated rings. The van der Waals surface area contributed by atoms with Gasteiger partial charge in [0.15, 0.2) is 11.4 Å². The minimum Gasteiger partial charge on any atom is -0.454 e. The molecule has 238 valence electrons. The second-order valence-electron chi connectivity index (χ2n) is 13.4. The van der Waals surface area contributed by atoms with Gasteiger partial charge in [0.1, 0.15) is 24.4 Å². The smallest absolute Gasteiger partial charge is 0.407 e. The minimum absolute atomic E-state index is 0.00830. The number of hydrogen-bond donors (Lipinski definition) is 6. The summed E-state index contributed by atoms with van der Waals surface area (Å²) in [5.74, 6) is -4.10. The molecule has 0 aromatic heterocycles. The molecule has 4 aliphatic rings. The van der Waals surface area contributed by atoms with Gasteiger partial charge in [0.05, 0.1) is 36.9 Å². The van der Waals surface area contributed by atoms with Crippen molar-refractivity contribution in [3.05, 3.63) is 11.1 Å². The maximum Gasteiger partial charge on any atom is 0.407 e. The van der Waals surface area contributed by atoms with E-state index in [0.717, 1.165) is 7.11 Å². The number of Topliss-reactive ketones (excluding diaryl/α,β-unsaturated/α-hetero) is 1. The summed E-state index contributed by atoms with van der Waals surface area (Å²) in [5.41, 5.74) is -5.41. The van der Waals surface area contributed by atoms with Crippen LogP contribution in [0.5, 0.6) is 0 Å². The summed E-state index contributed by atoms with van der Waals surface area (Å²) in [4.78, 5) is 43.4. The highest BCUT2D eigenvalue weighted by Crippen LogP contribution is 2.66. The van der Waals surface area contributed by atoms with Crippen molar-refractivity contribution in [1.82, 2.24) is 5.32 Å². The van der Waals surface area contributed by atoms with E-state index in [1.807, 2.05) is 0 Å². The number of carbonyl (C=O) groups is 3. The van der Waals surface area contributed by atoms with Gasteiger partial charge in [-0.3, -0.25) is 14.8 Å². The van der Waals surface area contributed by atoms with Crippen LogP contribution in [-0.2, 0) is 28.7 Å². The van der Waals surface area contributed by atoms with Crippen molar-refractivity contribution in [2.24, 2.45) is 28.6 Å². The molecule has 0 radical (unpaired) electrons. The highest BCUT2D eigenvalue weighted by molar-refractivity contribution is 5.93. The molecule has 13 heteroatoms. The topological polar surface area (TPSA) is 201 Å². The molecule has 0 spiro atoms. The molecule has 2 bridgehead atoms. The Morgan fingerprint density at radius 2 is 1.81 bits per heavy atom. The van der Waals surface area contributed by atoms with Gasteiger partial charge >= 0.3 is 12.1 Å². The Morgan fingerprint density at radius 1 is 1.19 bits per heavy atom. The van der Waals surface area contributed by atoms with E-state index < -0.39 is 94.2 Å². The maximum absolute atomic E-state index is 14.4. The number of carbonyl (C=O) groups excluding carboxylic acids is 3. The zero-order chi connectivity index (χ0) is 31.7. The molecule has 3 aliphatic carbocycles. The quantitative estimate of drug-likeness (QED) is 0.108. The molecule has 1 aliphatic heterocycles. The maximum atomic E-state index is 14.4. The van der Waals surface area contributed by atoms with Gasteiger partial charge in [0.2, 0.25) is 0 Å². The first kappa shape index (κ1) is 32.8. The van der Waals surface area contributed by atoms with Gasteiger partial charge < -0.3 is 40.0 Å². The number of aliphatic hydroxyl groups excluding tert-OH is 3. The highest BCUT2D eigenvalue weighted by atomic mass is 17.1. The molecule has 0 aromatic carbocycles. The Hall–Kier alpha value is -2.13. The van der Waals surface area contributed by atoms with E-state index in [9.17, 15) is 40.1 Å². The van der Waals surface area contributed by atoms with Crippen LogP contribution in [0.15, 0.2) is 11.1 Å². The average Bonchev–Trinajstić information content (AvgIpc) is 2.91. The van der Waals surface area contributed by atoms with Crippen molar-refractivity contribution >= 4 is 17.8 Å². The molecule has 6 N–H and O–H groups in total. The van der Waals surface area contributed by atoms with E-state index >= 15 is 0 Å². The molecule has 4 rings (SSSR count). The van der Waals surface area contributed by atoms with Gasteiger partial charge in [0, 0.05) is 30.6 Å². The van der Waals surface area contributed by atoms with Gasteiger partial charge in [-0.05, 0) is 38.7 Å². The number of amides is 1. The highest BCUT2D eigenvalue weighted by Gasteiger charge is 2.75. The van der Waals surface area contributed by atoms with Crippen LogP contribution < -0.4 is 5.32 Å². The van der Waals surface area contributed by atoms with Crippen LogP contribution in [0.2, 0.25) is 0 Å². The molecular formula is C29H45NO12. The summed E-state index contributed by atoms with van der Waals surface area (Å²) in [6.45, 7) is 11.0. The van der Waals surface area contributed by atoms with Crippen molar-refractivity contribution in [2.45, 2.75) is 109 Å². The average molecular weight is 600 g/mol. The summed E-state index contributed by atoms with van der Waals surface area (Å²) in [6, 6.07) is -0.970. The monoisotopic (exact) mass is 599 g/mol. The number of ketones is 1. The zero-order valence-electron chi connectivity index (χ0n) is 25.4. The van der Waals surface area contributed by atoms with E-state index in [-0.39, 0.29) is 25.0 Å². The Morgan fingerprint density at radius 3 is 2.31 bits per heavy atom. The second-order valence-corrected chi connectivity index (χ2v) is 13.4. The molecule has 12 atom stereocenters. The number of fused-ring (bicyclic) bond motifs is 5. The third-order valence-corrected chi connectivity index (χ3v) is 11.2. The van der Waals surface area contributed by atoms with Gasteiger partial charge in [-0.15, -0.1) is 0 Å². The lowest BCUT2D eigenvalue weighted by Gasteiger charge is -2.68. The fraction of sp³-hybridized carbons (Fsp3) is 0.828. The summed E-state index contributed by atoms with van der Waals surface area (Å²) in [5, 5.41) is 59.7. The molecule has 1 amide bonds. The largest absolute Gasteiger partial charge is 0.454 e. The van der Waals surface area contributed by atoms with Crippen molar-refractivity contribution < 1.29 is 59.2 Å². The molecule has 0 aromatic rings. The van der Waals surface area contributed by atoms with E-state index in [0.29, 0.717) is 5.57 Å².